The Morgan fingerprint density at radius 3 is 1.36 bits per heavy atom. The summed E-state index contributed by atoms with van der Waals surface area (Å²) in [6.07, 6.45) is 0. The molecule has 4 heterocycles. The van der Waals surface area contributed by atoms with Gasteiger partial charge in [0.15, 0.2) is 0 Å². The highest BCUT2D eigenvalue weighted by atomic mass is 32.1. The van der Waals surface area contributed by atoms with Crippen LogP contribution in [0.5, 0.6) is 0 Å². The zero-order valence-corrected chi connectivity index (χ0v) is 36.4. The van der Waals surface area contributed by atoms with Gasteiger partial charge in [-0.1, -0.05) is 132 Å². The SMILES string of the molecule is [C-]#[N+]c1c(-c2ccc(C)cc2)c(C#N)c(-n2c3ccccc3c3cc4c(cc32)sc2ccccc24)c(-c2ccc(C)cc2)c1-n1c2ccccc2c2cc3c(cc21)sc1ccccc13. The van der Waals surface area contributed by atoms with E-state index in [-0.39, 0.29) is 0 Å². The van der Waals surface area contributed by atoms with Crippen molar-refractivity contribution in [3.05, 3.63) is 198 Å². The van der Waals surface area contributed by atoms with Gasteiger partial charge in [-0.05, 0) is 73.5 Å². The van der Waals surface area contributed by atoms with Crippen molar-refractivity contribution in [2.45, 2.75) is 13.8 Å². The van der Waals surface area contributed by atoms with Gasteiger partial charge in [-0.15, -0.1) is 22.7 Å². The average molecular weight is 851 g/mol. The number of nitriles is 1. The molecule has 9 aromatic carbocycles. The summed E-state index contributed by atoms with van der Waals surface area (Å²) < 4.78 is 9.50. The van der Waals surface area contributed by atoms with Crippen LogP contribution in [0.2, 0.25) is 0 Å². The molecule has 0 radical (unpaired) electrons. The predicted molar refractivity (Wildman–Crippen MR) is 272 cm³/mol. The van der Waals surface area contributed by atoms with Gasteiger partial charge in [-0.25, -0.2) is 4.85 Å². The van der Waals surface area contributed by atoms with Crippen molar-refractivity contribution >= 4 is 112 Å². The second kappa shape index (κ2) is 13.8. The maximum atomic E-state index is 11.8. The van der Waals surface area contributed by atoms with Gasteiger partial charge in [-0.2, -0.15) is 5.26 Å². The predicted octanol–water partition coefficient (Wildman–Crippen LogP) is 17.0. The van der Waals surface area contributed by atoms with Crippen LogP contribution < -0.4 is 0 Å². The van der Waals surface area contributed by atoms with Gasteiger partial charge in [0.1, 0.15) is 6.07 Å². The second-order valence-electron chi connectivity index (χ2n) is 16.8. The summed E-state index contributed by atoms with van der Waals surface area (Å²) in [5, 5.41) is 21.2. The molecule has 0 bridgehead atoms. The minimum atomic E-state index is 0.437. The summed E-state index contributed by atoms with van der Waals surface area (Å²) in [5.41, 5.74) is 11.9. The van der Waals surface area contributed by atoms with Gasteiger partial charge >= 0.3 is 0 Å². The number of para-hydroxylation sites is 2. The highest BCUT2D eigenvalue weighted by molar-refractivity contribution is 7.26. The topological polar surface area (TPSA) is 38.0 Å². The monoisotopic (exact) mass is 850 g/mol. The van der Waals surface area contributed by atoms with Gasteiger partial charge in [0, 0.05) is 73.0 Å². The zero-order valence-electron chi connectivity index (χ0n) is 34.8. The zero-order chi connectivity index (χ0) is 42.8. The van der Waals surface area contributed by atoms with Crippen LogP contribution in [0.15, 0.2) is 170 Å². The molecule has 0 N–H and O–H groups in total. The highest BCUT2D eigenvalue weighted by Crippen LogP contribution is 2.53. The Hall–Kier alpha value is -8.00. The van der Waals surface area contributed by atoms with E-state index in [9.17, 15) is 11.8 Å². The molecule has 298 valence electrons. The van der Waals surface area contributed by atoms with Crippen LogP contribution in [-0.2, 0) is 0 Å². The Morgan fingerprint density at radius 2 is 0.875 bits per heavy atom. The number of thiophene rings is 2. The fourth-order valence-electron chi connectivity index (χ4n) is 10.2. The fraction of sp³-hybridized carbons (Fsp3) is 0.0345. The lowest BCUT2D eigenvalue weighted by molar-refractivity contribution is 1.13. The Balaban J connectivity index is 1.29. The number of rotatable bonds is 4. The number of fused-ring (bicyclic) bond motifs is 12. The molecule has 0 fully saturated rings. The third-order valence-corrected chi connectivity index (χ3v) is 15.4. The lowest BCUT2D eigenvalue weighted by Crippen LogP contribution is -2.08. The van der Waals surface area contributed by atoms with Crippen molar-refractivity contribution in [3.63, 3.8) is 0 Å². The minimum Gasteiger partial charge on any atom is -0.318 e. The normalized spacial score (nSPS) is 11.9. The van der Waals surface area contributed by atoms with E-state index in [1.807, 2.05) is 0 Å². The van der Waals surface area contributed by atoms with Gasteiger partial charge in [0.05, 0.1) is 45.6 Å². The van der Waals surface area contributed by atoms with Crippen LogP contribution in [0.1, 0.15) is 16.7 Å². The molecule has 0 spiro atoms. The molecule has 6 heteroatoms. The quantitative estimate of drug-likeness (QED) is 0.163. The number of hydrogen-bond donors (Lipinski definition) is 0. The van der Waals surface area contributed by atoms with Crippen LogP contribution in [0.25, 0.3) is 122 Å². The molecule has 0 unspecified atom stereocenters. The third kappa shape index (κ3) is 5.13. The maximum absolute atomic E-state index is 11.8. The van der Waals surface area contributed by atoms with Crippen LogP contribution in [0.3, 0.4) is 0 Å². The summed E-state index contributed by atoms with van der Waals surface area (Å²) in [6.45, 7) is 13.4. The molecular weight excluding hydrogens is 817 g/mol. The molecule has 0 aliphatic carbocycles. The molecule has 4 nitrogen and oxygen atoms in total. The van der Waals surface area contributed by atoms with E-state index >= 15 is 0 Å². The molecule has 0 saturated carbocycles. The van der Waals surface area contributed by atoms with Crippen LogP contribution in [0, 0.1) is 31.8 Å². The van der Waals surface area contributed by atoms with E-state index in [2.05, 4.69) is 204 Å². The van der Waals surface area contributed by atoms with E-state index in [0.717, 1.165) is 82.8 Å². The second-order valence-corrected chi connectivity index (χ2v) is 18.9. The van der Waals surface area contributed by atoms with Crippen molar-refractivity contribution < 1.29 is 0 Å². The first kappa shape index (κ1) is 36.6. The molecule has 0 aliphatic rings. The number of nitrogens with zero attached hydrogens (tertiary/aromatic N) is 4. The highest BCUT2D eigenvalue weighted by Gasteiger charge is 2.32. The lowest BCUT2D eigenvalue weighted by atomic mass is 9.88. The minimum absolute atomic E-state index is 0.437. The molecule has 0 aliphatic heterocycles. The fourth-order valence-corrected chi connectivity index (χ4v) is 12.5. The number of hydrogen-bond acceptors (Lipinski definition) is 3. The van der Waals surface area contributed by atoms with E-state index in [0.29, 0.717) is 16.8 Å². The summed E-state index contributed by atoms with van der Waals surface area (Å²) in [7, 11) is 0. The van der Waals surface area contributed by atoms with Crippen molar-refractivity contribution in [1.29, 1.82) is 5.26 Å². The van der Waals surface area contributed by atoms with Gasteiger partial charge in [-0.3, -0.25) is 0 Å². The number of aryl methyl sites for hydroxylation is 2. The van der Waals surface area contributed by atoms with E-state index in [1.165, 1.54) is 40.3 Å². The van der Waals surface area contributed by atoms with Gasteiger partial charge in [0.2, 0.25) is 5.69 Å². The summed E-state index contributed by atoms with van der Waals surface area (Å²) in [5.74, 6) is 0. The standard InChI is InChI=1S/C58H34N4S2/c1-33-20-24-35(25-21-33)54-45(32-59)57(61-46-16-8-4-12-37(46)41-28-43-39-14-6-10-18-50(39)63-52(43)30-48(41)61)55(36-26-22-34(2)23-27-36)58(56(54)60-3)62-47-17-9-5-13-38(47)42-29-44-40-15-7-11-19-51(40)64-53(44)31-49(42)62/h4-31H,1-2H3. The average Bonchev–Trinajstić information content (AvgIpc) is 4.07. The first-order valence-electron chi connectivity index (χ1n) is 21.3. The van der Waals surface area contributed by atoms with Crippen molar-refractivity contribution in [1.82, 2.24) is 9.13 Å². The van der Waals surface area contributed by atoms with Gasteiger partial charge < -0.3 is 9.13 Å². The molecule has 13 rings (SSSR count). The van der Waals surface area contributed by atoms with E-state index < -0.39 is 0 Å². The Labute approximate surface area is 376 Å². The largest absolute Gasteiger partial charge is 0.318 e. The first-order valence-corrected chi connectivity index (χ1v) is 23.0. The molecule has 64 heavy (non-hydrogen) atoms. The summed E-state index contributed by atoms with van der Waals surface area (Å²) >= 11 is 3.59. The number of aromatic nitrogens is 2. The molecule has 13 aromatic rings. The molecular formula is C58H34N4S2. The first-order chi connectivity index (χ1) is 31.5. The van der Waals surface area contributed by atoms with Crippen LogP contribution >= 0.6 is 22.7 Å². The third-order valence-electron chi connectivity index (χ3n) is 13.1. The summed E-state index contributed by atoms with van der Waals surface area (Å²) in [4.78, 5) is 4.53. The smallest absolute Gasteiger partial charge is 0.220 e. The Kier molecular flexibility index (Phi) is 7.87. The van der Waals surface area contributed by atoms with Gasteiger partial charge in [0.25, 0.3) is 0 Å². The van der Waals surface area contributed by atoms with Crippen molar-refractivity contribution in [2.24, 2.45) is 0 Å². The van der Waals surface area contributed by atoms with Crippen LogP contribution in [0.4, 0.5) is 5.69 Å². The number of benzene rings is 9. The van der Waals surface area contributed by atoms with Crippen LogP contribution in [-0.4, -0.2) is 9.13 Å². The molecule has 0 saturated heterocycles. The maximum Gasteiger partial charge on any atom is 0.220 e. The Bertz CT molecular complexity index is 3990. The lowest BCUT2D eigenvalue weighted by Gasteiger charge is -2.26. The molecule has 0 atom stereocenters. The molecule has 4 aromatic heterocycles. The Morgan fingerprint density at radius 1 is 0.438 bits per heavy atom. The van der Waals surface area contributed by atoms with E-state index in [1.54, 1.807) is 22.7 Å². The van der Waals surface area contributed by atoms with E-state index in [4.69, 9.17) is 0 Å². The summed E-state index contributed by atoms with van der Waals surface area (Å²) in [6, 6.07) is 63.4. The van der Waals surface area contributed by atoms with Crippen molar-refractivity contribution in [2.75, 3.05) is 0 Å². The van der Waals surface area contributed by atoms with Crippen molar-refractivity contribution in [3.8, 4) is 39.7 Å². The molecule has 0 amide bonds.